The monoisotopic (exact) mass is 476 g/mol. The molecule has 8 nitrogen and oxygen atoms in total. The molecule has 186 valence electrons. The van der Waals surface area contributed by atoms with E-state index in [1.165, 1.54) is 22.9 Å². The molecular formula is C27H36N6O2. The van der Waals surface area contributed by atoms with Crippen LogP contribution in [-0.2, 0) is 11.2 Å². The standard InChI is InChI=1S/C27H36N6O2/c1-5-23(27(34)30-35)20-28-21(2)32-15-17-33(18-16-32)29-26-11-9-24(10-12-26)25-8-6-7-22(19-25)13-14-31(3)4/h5-12,19-20,29,35H,2,13-18H2,1,3-4H3,(H,30,34)/b23-5+,28-20-. The van der Waals surface area contributed by atoms with Gasteiger partial charge in [-0.2, -0.15) is 0 Å². The maximum absolute atomic E-state index is 11.5. The number of hydroxylamine groups is 1. The topological polar surface area (TPSA) is 83.4 Å². The van der Waals surface area contributed by atoms with Crippen molar-refractivity contribution in [2.75, 3.05) is 52.2 Å². The average Bonchev–Trinajstić information content (AvgIpc) is 2.88. The number of likely N-dealkylation sites (N-methyl/N-ethyl adjacent to an activating group) is 1. The van der Waals surface area contributed by atoms with E-state index in [1.807, 2.05) is 0 Å². The fourth-order valence-electron chi connectivity index (χ4n) is 3.81. The minimum absolute atomic E-state index is 0.276. The summed E-state index contributed by atoms with van der Waals surface area (Å²) in [5.41, 5.74) is 10.2. The predicted molar refractivity (Wildman–Crippen MR) is 142 cm³/mol. The number of hydrogen-bond acceptors (Lipinski definition) is 7. The first-order valence-corrected chi connectivity index (χ1v) is 11.8. The van der Waals surface area contributed by atoms with Crippen molar-refractivity contribution in [1.29, 1.82) is 0 Å². The predicted octanol–water partition coefficient (Wildman–Crippen LogP) is 3.40. The van der Waals surface area contributed by atoms with Crippen molar-refractivity contribution in [3.8, 4) is 11.1 Å². The summed E-state index contributed by atoms with van der Waals surface area (Å²) in [7, 11) is 4.20. The van der Waals surface area contributed by atoms with Crippen LogP contribution in [0.1, 0.15) is 12.5 Å². The molecule has 2 aromatic rings. The number of rotatable bonds is 10. The molecule has 1 saturated heterocycles. The zero-order valence-electron chi connectivity index (χ0n) is 20.9. The second kappa shape index (κ2) is 12.9. The number of carbonyl (C=O) groups is 1. The van der Waals surface area contributed by atoms with Crippen LogP contribution in [0.2, 0.25) is 0 Å². The first kappa shape index (κ1) is 26.2. The van der Waals surface area contributed by atoms with Crippen molar-refractivity contribution in [3.05, 3.63) is 78.1 Å². The van der Waals surface area contributed by atoms with Gasteiger partial charge < -0.3 is 15.2 Å². The molecule has 0 bridgehead atoms. The summed E-state index contributed by atoms with van der Waals surface area (Å²) >= 11 is 0. The first-order valence-electron chi connectivity index (χ1n) is 11.8. The number of carbonyl (C=O) groups excluding carboxylic acids is 1. The molecule has 3 N–H and O–H groups in total. The minimum Gasteiger partial charge on any atom is -0.354 e. The number of amides is 1. The average molecular weight is 477 g/mol. The molecule has 0 saturated carbocycles. The van der Waals surface area contributed by atoms with Gasteiger partial charge in [-0.05, 0) is 56.3 Å². The molecule has 8 heteroatoms. The Hall–Kier alpha value is -3.46. The van der Waals surface area contributed by atoms with E-state index >= 15 is 0 Å². The number of nitrogens with one attached hydrogen (secondary N) is 2. The van der Waals surface area contributed by atoms with Gasteiger partial charge in [0.05, 0.1) is 5.57 Å². The summed E-state index contributed by atoms with van der Waals surface area (Å²) in [6.07, 6.45) is 4.04. The number of nitrogens with zero attached hydrogens (tertiary/aromatic N) is 4. The van der Waals surface area contributed by atoms with E-state index in [1.54, 1.807) is 18.5 Å². The van der Waals surface area contributed by atoms with Crippen molar-refractivity contribution in [2.45, 2.75) is 13.3 Å². The molecule has 2 aromatic carbocycles. The smallest absolute Gasteiger partial charge is 0.275 e. The van der Waals surface area contributed by atoms with Crippen LogP contribution in [0.3, 0.4) is 0 Å². The summed E-state index contributed by atoms with van der Waals surface area (Å²) in [6, 6.07) is 17.3. The van der Waals surface area contributed by atoms with E-state index in [-0.39, 0.29) is 5.57 Å². The molecule has 3 rings (SSSR count). The van der Waals surface area contributed by atoms with Crippen LogP contribution < -0.4 is 10.9 Å². The summed E-state index contributed by atoms with van der Waals surface area (Å²) in [4.78, 5) is 20.1. The van der Waals surface area contributed by atoms with Gasteiger partial charge in [-0.1, -0.05) is 49.1 Å². The molecule has 1 fully saturated rings. The Morgan fingerprint density at radius 3 is 2.46 bits per heavy atom. The van der Waals surface area contributed by atoms with Gasteiger partial charge in [0.2, 0.25) is 0 Å². The van der Waals surface area contributed by atoms with Gasteiger partial charge in [0.1, 0.15) is 5.82 Å². The first-order chi connectivity index (χ1) is 16.9. The minimum atomic E-state index is -0.596. The second-order valence-corrected chi connectivity index (χ2v) is 8.78. The highest BCUT2D eigenvalue weighted by molar-refractivity contribution is 6.11. The van der Waals surface area contributed by atoms with E-state index < -0.39 is 5.91 Å². The maximum atomic E-state index is 11.5. The third-order valence-corrected chi connectivity index (χ3v) is 5.95. The van der Waals surface area contributed by atoms with Gasteiger partial charge in [-0.25, -0.2) is 15.5 Å². The Morgan fingerprint density at radius 2 is 1.83 bits per heavy atom. The molecule has 0 radical (unpaired) electrons. The van der Waals surface area contributed by atoms with Crippen LogP contribution in [0.5, 0.6) is 0 Å². The molecular weight excluding hydrogens is 440 g/mol. The van der Waals surface area contributed by atoms with Crippen LogP contribution in [0.25, 0.3) is 11.1 Å². The molecule has 35 heavy (non-hydrogen) atoms. The van der Waals surface area contributed by atoms with Gasteiger partial charge in [0, 0.05) is 44.6 Å². The van der Waals surface area contributed by atoms with E-state index in [4.69, 9.17) is 5.21 Å². The summed E-state index contributed by atoms with van der Waals surface area (Å²) in [5, 5.41) is 11.0. The van der Waals surface area contributed by atoms with Crippen LogP contribution in [0.15, 0.2) is 77.6 Å². The van der Waals surface area contributed by atoms with Gasteiger partial charge in [0.15, 0.2) is 0 Å². The van der Waals surface area contributed by atoms with Crippen LogP contribution in [-0.4, -0.2) is 79.0 Å². The van der Waals surface area contributed by atoms with Gasteiger partial charge in [0.25, 0.3) is 5.91 Å². The highest BCUT2D eigenvalue weighted by atomic mass is 16.5. The third kappa shape index (κ3) is 7.78. The lowest BCUT2D eigenvalue weighted by Gasteiger charge is -2.36. The zero-order valence-corrected chi connectivity index (χ0v) is 20.9. The van der Waals surface area contributed by atoms with E-state index in [0.717, 1.165) is 44.8 Å². The molecule has 0 spiro atoms. The summed E-state index contributed by atoms with van der Waals surface area (Å²) in [6.45, 7) is 9.89. The number of aliphatic imine (C=N–C) groups is 1. The van der Waals surface area contributed by atoms with Crippen molar-refractivity contribution >= 4 is 17.8 Å². The highest BCUT2D eigenvalue weighted by Gasteiger charge is 2.18. The SMILES string of the molecule is C=C(/N=C\C(=C/C)C(=O)NO)N1CCN(Nc2ccc(-c3cccc(CCN(C)C)c3)cc2)CC1. The normalized spacial score (nSPS) is 15.0. The third-order valence-electron chi connectivity index (χ3n) is 5.95. The molecule has 1 aliphatic heterocycles. The Bertz CT molecular complexity index is 1050. The molecule has 0 aromatic heterocycles. The number of anilines is 1. The molecule has 1 aliphatic rings. The van der Waals surface area contributed by atoms with Crippen LogP contribution >= 0.6 is 0 Å². The lowest BCUT2D eigenvalue weighted by Crippen LogP contribution is -2.47. The highest BCUT2D eigenvalue weighted by Crippen LogP contribution is 2.23. The molecule has 1 heterocycles. The van der Waals surface area contributed by atoms with E-state index in [2.05, 4.69) is 94.4 Å². The Balaban J connectivity index is 1.51. The van der Waals surface area contributed by atoms with Crippen molar-refractivity contribution < 1.29 is 10.0 Å². The van der Waals surface area contributed by atoms with Crippen molar-refractivity contribution in [2.24, 2.45) is 4.99 Å². The number of benzene rings is 2. The largest absolute Gasteiger partial charge is 0.354 e. The second-order valence-electron chi connectivity index (χ2n) is 8.78. The lowest BCUT2D eigenvalue weighted by atomic mass is 10.0. The van der Waals surface area contributed by atoms with Gasteiger partial charge >= 0.3 is 0 Å². The Kier molecular flexibility index (Phi) is 9.60. The Morgan fingerprint density at radius 1 is 1.11 bits per heavy atom. The van der Waals surface area contributed by atoms with Crippen LogP contribution in [0, 0.1) is 0 Å². The number of hydrazine groups is 1. The van der Waals surface area contributed by atoms with Crippen LogP contribution in [0.4, 0.5) is 5.69 Å². The quantitative estimate of drug-likeness (QED) is 0.211. The number of allylic oxidation sites excluding steroid dienone is 1. The van der Waals surface area contributed by atoms with Crippen molar-refractivity contribution in [3.63, 3.8) is 0 Å². The zero-order chi connectivity index (χ0) is 25.2. The Labute approximate surface area is 208 Å². The maximum Gasteiger partial charge on any atom is 0.275 e. The molecule has 0 unspecified atom stereocenters. The lowest BCUT2D eigenvalue weighted by molar-refractivity contribution is -0.124. The fourth-order valence-corrected chi connectivity index (χ4v) is 3.81. The van der Waals surface area contributed by atoms with Crippen molar-refractivity contribution in [1.82, 2.24) is 20.3 Å². The molecule has 0 atom stereocenters. The number of piperazine rings is 1. The fraction of sp³-hybridized carbons (Fsp3) is 0.333. The van der Waals surface area contributed by atoms with Gasteiger partial charge in [-0.15, -0.1) is 0 Å². The number of hydrogen-bond donors (Lipinski definition) is 3. The molecule has 1 amide bonds. The summed E-state index contributed by atoms with van der Waals surface area (Å²) < 4.78 is 0. The van der Waals surface area contributed by atoms with E-state index in [9.17, 15) is 4.79 Å². The molecule has 0 aliphatic carbocycles. The van der Waals surface area contributed by atoms with Gasteiger partial charge in [-0.3, -0.25) is 10.0 Å². The van der Waals surface area contributed by atoms with E-state index in [0.29, 0.717) is 5.82 Å². The summed E-state index contributed by atoms with van der Waals surface area (Å²) in [5.74, 6) is -0.00646.